The summed E-state index contributed by atoms with van der Waals surface area (Å²) in [7, 11) is 1.66. The second kappa shape index (κ2) is 6.93. The average Bonchev–Trinajstić information content (AvgIpc) is 3.32. The van der Waals surface area contributed by atoms with Gasteiger partial charge in [0.25, 0.3) is 0 Å². The van der Waals surface area contributed by atoms with Crippen LogP contribution in [-0.2, 0) is 0 Å². The molecule has 0 N–H and O–H groups in total. The van der Waals surface area contributed by atoms with Gasteiger partial charge in [0, 0.05) is 18.2 Å². The van der Waals surface area contributed by atoms with Gasteiger partial charge in [0.2, 0.25) is 11.8 Å². The Kier molecular flexibility index (Phi) is 4.52. The number of rotatable bonds is 4. The summed E-state index contributed by atoms with van der Waals surface area (Å²) in [5.41, 5.74) is 0.941. The second-order valence-electron chi connectivity index (χ2n) is 6.95. The summed E-state index contributed by atoms with van der Waals surface area (Å²) in [6, 6.07) is 8.52. The highest BCUT2D eigenvalue weighted by Gasteiger charge is 2.32. The summed E-state index contributed by atoms with van der Waals surface area (Å²) in [5, 5.41) is 8.57. The number of hydrogen-bond acceptors (Lipinski definition) is 5. The molecule has 4 rings (SSSR count). The molecular weight excluding hydrogens is 302 g/mol. The summed E-state index contributed by atoms with van der Waals surface area (Å²) in [6.07, 6.45) is 8.01. The predicted molar refractivity (Wildman–Crippen MR) is 92.1 cm³/mol. The van der Waals surface area contributed by atoms with E-state index in [0.717, 1.165) is 42.8 Å². The van der Waals surface area contributed by atoms with Crippen LogP contribution in [0.3, 0.4) is 0 Å². The van der Waals surface area contributed by atoms with E-state index in [-0.39, 0.29) is 0 Å². The van der Waals surface area contributed by atoms with Crippen LogP contribution in [0.4, 0.5) is 0 Å². The number of nitrogens with zero attached hydrogens (tertiary/aromatic N) is 3. The maximum Gasteiger partial charge on any atom is 0.247 e. The van der Waals surface area contributed by atoms with E-state index >= 15 is 0 Å². The third-order valence-electron chi connectivity index (χ3n) is 5.44. The molecular formula is C19H25N3O2. The quantitative estimate of drug-likeness (QED) is 0.853. The van der Waals surface area contributed by atoms with Crippen molar-refractivity contribution >= 4 is 0 Å². The van der Waals surface area contributed by atoms with Crippen LogP contribution in [0.2, 0.25) is 0 Å². The number of aromatic nitrogens is 2. The van der Waals surface area contributed by atoms with Crippen molar-refractivity contribution in [2.75, 3.05) is 20.2 Å². The van der Waals surface area contributed by atoms with Gasteiger partial charge in [0.15, 0.2) is 0 Å². The van der Waals surface area contributed by atoms with Crippen molar-refractivity contribution in [3.05, 3.63) is 30.2 Å². The lowest BCUT2D eigenvalue weighted by atomic mass is 9.94. The van der Waals surface area contributed by atoms with Gasteiger partial charge < -0.3 is 9.15 Å². The maximum absolute atomic E-state index is 5.97. The SMILES string of the molecule is COc1ccc(-c2nnc([C@H]3CCN(C4CCCCC4)C3)o2)cc1. The van der Waals surface area contributed by atoms with Crippen molar-refractivity contribution in [2.45, 2.75) is 50.5 Å². The Labute approximate surface area is 143 Å². The molecule has 0 radical (unpaired) electrons. The average molecular weight is 327 g/mol. The normalized spacial score (nSPS) is 22.8. The van der Waals surface area contributed by atoms with Crippen molar-refractivity contribution in [1.29, 1.82) is 0 Å². The number of ether oxygens (including phenoxy) is 1. The Balaban J connectivity index is 1.43. The van der Waals surface area contributed by atoms with Crippen molar-refractivity contribution in [3.63, 3.8) is 0 Å². The highest BCUT2D eigenvalue weighted by molar-refractivity contribution is 5.54. The lowest BCUT2D eigenvalue weighted by molar-refractivity contribution is 0.187. The second-order valence-corrected chi connectivity index (χ2v) is 6.95. The van der Waals surface area contributed by atoms with Gasteiger partial charge in [-0.1, -0.05) is 19.3 Å². The number of benzene rings is 1. The van der Waals surface area contributed by atoms with Crippen molar-refractivity contribution < 1.29 is 9.15 Å². The van der Waals surface area contributed by atoms with Crippen LogP contribution in [0.25, 0.3) is 11.5 Å². The minimum Gasteiger partial charge on any atom is -0.497 e. The molecule has 24 heavy (non-hydrogen) atoms. The van der Waals surface area contributed by atoms with Gasteiger partial charge in [-0.05, 0) is 50.1 Å². The lowest BCUT2D eigenvalue weighted by Crippen LogP contribution is -2.34. The van der Waals surface area contributed by atoms with E-state index < -0.39 is 0 Å². The minimum atomic E-state index is 0.381. The predicted octanol–water partition coefficient (Wildman–Crippen LogP) is 3.87. The third kappa shape index (κ3) is 3.18. The van der Waals surface area contributed by atoms with Crippen LogP contribution in [0.1, 0.15) is 50.3 Å². The zero-order chi connectivity index (χ0) is 16.4. The molecule has 1 aromatic heterocycles. The molecule has 1 atom stereocenters. The number of methoxy groups -OCH3 is 1. The fourth-order valence-corrected chi connectivity index (χ4v) is 4.02. The standard InChI is InChI=1S/C19H25N3O2/c1-23-17-9-7-14(8-10-17)18-20-21-19(24-18)15-11-12-22(13-15)16-5-3-2-4-6-16/h7-10,15-16H,2-6,11-13H2,1H3/t15-/m0/s1. The molecule has 0 spiro atoms. The van der Waals surface area contributed by atoms with Gasteiger partial charge in [0.05, 0.1) is 13.0 Å². The van der Waals surface area contributed by atoms with Crippen LogP contribution in [0.15, 0.2) is 28.7 Å². The van der Waals surface area contributed by atoms with E-state index in [1.165, 1.54) is 32.1 Å². The van der Waals surface area contributed by atoms with E-state index in [1.807, 2.05) is 24.3 Å². The Bertz CT molecular complexity index is 662. The molecule has 0 unspecified atom stereocenters. The van der Waals surface area contributed by atoms with E-state index in [9.17, 15) is 0 Å². The van der Waals surface area contributed by atoms with E-state index in [4.69, 9.17) is 9.15 Å². The Morgan fingerprint density at radius 1 is 1.04 bits per heavy atom. The van der Waals surface area contributed by atoms with Gasteiger partial charge in [-0.25, -0.2) is 0 Å². The minimum absolute atomic E-state index is 0.381. The number of hydrogen-bond donors (Lipinski definition) is 0. The Morgan fingerprint density at radius 3 is 2.58 bits per heavy atom. The van der Waals surface area contributed by atoms with E-state index in [2.05, 4.69) is 15.1 Å². The molecule has 5 heteroatoms. The fourth-order valence-electron chi connectivity index (χ4n) is 4.02. The maximum atomic E-state index is 5.97. The summed E-state index contributed by atoms with van der Waals surface area (Å²) >= 11 is 0. The van der Waals surface area contributed by atoms with Crippen LogP contribution >= 0.6 is 0 Å². The molecule has 2 aliphatic rings. The molecule has 2 heterocycles. The Hall–Kier alpha value is -1.88. The monoisotopic (exact) mass is 327 g/mol. The molecule has 1 aromatic carbocycles. The first-order chi connectivity index (χ1) is 11.8. The highest BCUT2D eigenvalue weighted by Crippen LogP contribution is 2.33. The smallest absolute Gasteiger partial charge is 0.247 e. The molecule has 2 fully saturated rings. The van der Waals surface area contributed by atoms with Gasteiger partial charge in [-0.15, -0.1) is 10.2 Å². The van der Waals surface area contributed by atoms with Crippen molar-refractivity contribution in [1.82, 2.24) is 15.1 Å². The fraction of sp³-hybridized carbons (Fsp3) is 0.579. The summed E-state index contributed by atoms with van der Waals surface area (Å²) in [6.45, 7) is 2.23. The molecule has 2 aromatic rings. The van der Waals surface area contributed by atoms with Gasteiger partial charge in [-0.2, -0.15) is 0 Å². The van der Waals surface area contributed by atoms with Crippen molar-refractivity contribution in [2.24, 2.45) is 0 Å². The van der Waals surface area contributed by atoms with Crippen LogP contribution < -0.4 is 4.74 Å². The molecule has 1 aliphatic heterocycles. The van der Waals surface area contributed by atoms with Gasteiger partial charge in [-0.3, -0.25) is 4.90 Å². The summed E-state index contributed by atoms with van der Waals surface area (Å²) < 4.78 is 11.2. The van der Waals surface area contributed by atoms with Gasteiger partial charge >= 0.3 is 0 Å². The first kappa shape index (κ1) is 15.6. The topological polar surface area (TPSA) is 51.4 Å². The summed E-state index contributed by atoms with van der Waals surface area (Å²) in [4.78, 5) is 2.64. The highest BCUT2D eigenvalue weighted by atomic mass is 16.5. The van der Waals surface area contributed by atoms with Gasteiger partial charge in [0.1, 0.15) is 5.75 Å². The zero-order valence-corrected chi connectivity index (χ0v) is 14.3. The molecule has 0 bridgehead atoms. The molecule has 1 saturated carbocycles. The third-order valence-corrected chi connectivity index (χ3v) is 5.44. The zero-order valence-electron chi connectivity index (χ0n) is 14.3. The van der Waals surface area contributed by atoms with E-state index in [1.54, 1.807) is 7.11 Å². The molecule has 0 amide bonds. The largest absolute Gasteiger partial charge is 0.497 e. The van der Waals surface area contributed by atoms with Crippen LogP contribution in [-0.4, -0.2) is 41.3 Å². The number of likely N-dealkylation sites (tertiary alicyclic amines) is 1. The summed E-state index contributed by atoms with van der Waals surface area (Å²) in [5.74, 6) is 2.60. The first-order valence-corrected chi connectivity index (χ1v) is 9.05. The van der Waals surface area contributed by atoms with E-state index in [0.29, 0.717) is 11.8 Å². The first-order valence-electron chi connectivity index (χ1n) is 9.05. The molecule has 5 nitrogen and oxygen atoms in total. The molecule has 1 saturated heterocycles. The lowest BCUT2D eigenvalue weighted by Gasteiger charge is -2.30. The van der Waals surface area contributed by atoms with Crippen LogP contribution in [0, 0.1) is 0 Å². The van der Waals surface area contributed by atoms with Crippen LogP contribution in [0.5, 0.6) is 5.75 Å². The molecule has 128 valence electrons. The molecule has 1 aliphatic carbocycles. The van der Waals surface area contributed by atoms with Crippen molar-refractivity contribution in [3.8, 4) is 17.2 Å². The Morgan fingerprint density at radius 2 is 1.83 bits per heavy atom.